The molecular weight excluding hydrogens is 433 g/mol. The number of ether oxygens (including phenoxy) is 1. The van der Waals surface area contributed by atoms with Crippen molar-refractivity contribution in [3.8, 4) is 5.75 Å². The van der Waals surface area contributed by atoms with E-state index in [4.69, 9.17) is 4.74 Å². The molecule has 1 saturated heterocycles. The molecule has 0 radical (unpaired) electrons. The van der Waals surface area contributed by atoms with E-state index in [2.05, 4.69) is 22.4 Å². The lowest BCUT2D eigenvalue weighted by molar-refractivity contribution is 0.0697. The van der Waals surface area contributed by atoms with Crippen LogP contribution in [-0.2, 0) is 6.61 Å². The van der Waals surface area contributed by atoms with Gasteiger partial charge in [0.2, 0.25) is 5.43 Å². The van der Waals surface area contributed by atoms with Crippen LogP contribution in [-0.4, -0.2) is 42.2 Å². The van der Waals surface area contributed by atoms with Gasteiger partial charge in [-0.15, -0.1) is 11.3 Å². The van der Waals surface area contributed by atoms with Gasteiger partial charge in [0.25, 0.3) is 0 Å². The van der Waals surface area contributed by atoms with Crippen LogP contribution in [0.4, 0.5) is 10.1 Å². The Kier molecular flexibility index (Phi) is 4.35. The molecule has 3 aromatic rings. The van der Waals surface area contributed by atoms with E-state index in [1.807, 2.05) is 7.05 Å². The summed E-state index contributed by atoms with van der Waals surface area (Å²) in [5.41, 5.74) is 0.612. The van der Waals surface area contributed by atoms with Crippen molar-refractivity contribution in [1.82, 2.24) is 9.72 Å². The summed E-state index contributed by atoms with van der Waals surface area (Å²) in [4.78, 5) is 27.3. The van der Waals surface area contributed by atoms with Crippen molar-refractivity contribution in [3.05, 3.63) is 50.9 Å². The highest BCUT2D eigenvalue weighted by atomic mass is 32.1. The third-order valence-electron chi connectivity index (χ3n) is 7.09. The highest BCUT2D eigenvalue weighted by Gasteiger charge is 2.41. The van der Waals surface area contributed by atoms with Crippen LogP contribution in [0, 0.1) is 23.6 Å². The van der Waals surface area contributed by atoms with E-state index in [0.717, 1.165) is 25.2 Å². The van der Waals surface area contributed by atoms with Gasteiger partial charge in [0.1, 0.15) is 28.2 Å². The Morgan fingerprint density at radius 3 is 3.03 bits per heavy atom. The number of aromatic nitrogens is 1. The normalized spacial score (nSPS) is 23.8. The van der Waals surface area contributed by atoms with Gasteiger partial charge in [0.15, 0.2) is 11.6 Å². The van der Waals surface area contributed by atoms with E-state index >= 15 is 4.39 Å². The number of carboxylic acids is 1. The largest absolute Gasteiger partial charge is 0.483 e. The molecule has 1 aliphatic carbocycles. The van der Waals surface area contributed by atoms with Crippen LogP contribution in [0.1, 0.15) is 22.5 Å². The number of hydrogen-bond acceptors (Lipinski definition) is 6. The van der Waals surface area contributed by atoms with Crippen LogP contribution in [0.15, 0.2) is 28.4 Å². The quantitative estimate of drug-likeness (QED) is 0.589. The second-order valence-electron chi connectivity index (χ2n) is 8.81. The van der Waals surface area contributed by atoms with E-state index in [1.54, 1.807) is 9.78 Å². The molecule has 0 saturated carbocycles. The first-order valence-electron chi connectivity index (χ1n) is 10.7. The van der Waals surface area contributed by atoms with Gasteiger partial charge in [-0.05, 0) is 37.3 Å². The maximum atomic E-state index is 15.6. The van der Waals surface area contributed by atoms with Gasteiger partial charge >= 0.3 is 5.97 Å². The standard InChI is InChI=1S/C23H22FN3O4S/c1-25-6-11-3-2-4-12-7-26(8-15(11)12)19-16(24)5-14-18-21(19)31-9-13-10-32-22(27(13)18)17(20(14)28)23(29)30/h2-3,5,10-12,15,25H,4,6-9H2,1H3,(H,29,30). The number of aromatic carboxylic acids is 1. The minimum Gasteiger partial charge on any atom is -0.483 e. The SMILES string of the molecule is CNCC1C=CCC2CN(c3c(F)cc4c(=O)c(C(=O)O)c5scc6n5c4c3OC6)CC12. The first kappa shape index (κ1) is 19.8. The van der Waals surface area contributed by atoms with E-state index in [-0.39, 0.29) is 17.6 Å². The molecule has 2 N–H and O–H groups in total. The zero-order chi connectivity index (χ0) is 22.1. The number of halogens is 1. The topological polar surface area (TPSA) is 83.3 Å². The molecule has 1 fully saturated rings. The molecule has 166 valence electrons. The molecule has 6 rings (SSSR count). The Hall–Kier alpha value is -2.91. The minimum absolute atomic E-state index is 0.0434. The van der Waals surface area contributed by atoms with E-state index in [1.165, 1.54) is 17.4 Å². The summed E-state index contributed by atoms with van der Waals surface area (Å²) in [6.07, 6.45) is 5.44. The third-order valence-corrected chi connectivity index (χ3v) is 8.09. The van der Waals surface area contributed by atoms with Crippen molar-refractivity contribution in [2.24, 2.45) is 17.8 Å². The number of carbonyl (C=O) groups is 1. The lowest BCUT2D eigenvalue weighted by atomic mass is 9.78. The fourth-order valence-corrected chi connectivity index (χ4v) is 6.75. The maximum Gasteiger partial charge on any atom is 0.342 e. The number of thiazole rings is 1. The van der Waals surface area contributed by atoms with Gasteiger partial charge in [0, 0.05) is 25.0 Å². The first-order chi connectivity index (χ1) is 15.5. The van der Waals surface area contributed by atoms with Crippen molar-refractivity contribution < 1.29 is 19.0 Å². The Morgan fingerprint density at radius 1 is 1.41 bits per heavy atom. The molecule has 1 aromatic carbocycles. The molecule has 3 aliphatic rings. The monoisotopic (exact) mass is 455 g/mol. The molecule has 3 atom stereocenters. The molecule has 0 amide bonds. The van der Waals surface area contributed by atoms with Crippen molar-refractivity contribution in [3.63, 3.8) is 0 Å². The predicted octanol–water partition coefficient (Wildman–Crippen LogP) is 3.09. The summed E-state index contributed by atoms with van der Waals surface area (Å²) in [7, 11) is 1.94. The molecule has 2 aromatic heterocycles. The molecule has 3 unspecified atom stereocenters. The Balaban J connectivity index is 1.56. The average molecular weight is 456 g/mol. The highest BCUT2D eigenvalue weighted by Crippen LogP contribution is 2.46. The molecule has 4 heterocycles. The number of pyridine rings is 1. The summed E-state index contributed by atoms with van der Waals surface area (Å²) in [5.74, 6) is -0.282. The second-order valence-corrected chi connectivity index (χ2v) is 9.67. The Morgan fingerprint density at radius 2 is 2.25 bits per heavy atom. The van der Waals surface area contributed by atoms with Crippen LogP contribution in [0.2, 0.25) is 0 Å². The van der Waals surface area contributed by atoms with Crippen molar-refractivity contribution in [2.45, 2.75) is 13.0 Å². The molecule has 0 spiro atoms. The van der Waals surface area contributed by atoms with Crippen LogP contribution in [0.3, 0.4) is 0 Å². The first-order valence-corrected chi connectivity index (χ1v) is 11.6. The number of carboxylic acid groups (broad SMARTS) is 1. The second kappa shape index (κ2) is 7.05. The summed E-state index contributed by atoms with van der Waals surface area (Å²) in [6.45, 7) is 2.50. The lowest BCUT2D eigenvalue weighted by Gasteiger charge is -2.28. The molecule has 9 heteroatoms. The summed E-state index contributed by atoms with van der Waals surface area (Å²) in [6, 6.07) is 1.19. The zero-order valence-electron chi connectivity index (χ0n) is 17.4. The minimum atomic E-state index is -1.30. The van der Waals surface area contributed by atoms with Gasteiger partial charge in [-0.3, -0.25) is 9.20 Å². The van der Waals surface area contributed by atoms with Gasteiger partial charge in [-0.25, -0.2) is 9.18 Å². The van der Waals surface area contributed by atoms with Crippen LogP contribution < -0.4 is 20.4 Å². The van der Waals surface area contributed by atoms with E-state index < -0.39 is 17.2 Å². The fraction of sp³-hybridized carbons (Fsp3) is 0.391. The maximum absolute atomic E-state index is 15.6. The van der Waals surface area contributed by atoms with Crippen LogP contribution >= 0.6 is 11.3 Å². The van der Waals surface area contributed by atoms with E-state index in [9.17, 15) is 14.7 Å². The van der Waals surface area contributed by atoms with Crippen LogP contribution in [0.5, 0.6) is 5.75 Å². The summed E-state index contributed by atoms with van der Waals surface area (Å²) < 4.78 is 23.4. The molecule has 0 bridgehead atoms. The fourth-order valence-electron chi connectivity index (χ4n) is 5.71. The molecule has 7 nitrogen and oxygen atoms in total. The van der Waals surface area contributed by atoms with Crippen molar-refractivity contribution in [2.75, 3.05) is 31.6 Å². The zero-order valence-corrected chi connectivity index (χ0v) is 18.2. The van der Waals surface area contributed by atoms with Gasteiger partial charge < -0.3 is 20.1 Å². The average Bonchev–Trinajstić information content (AvgIpc) is 3.38. The molecular formula is C23H22FN3O4S. The Bertz CT molecular complexity index is 1380. The van der Waals surface area contributed by atoms with E-state index in [0.29, 0.717) is 46.1 Å². The number of rotatable bonds is 4. The number of anilines is 1. The van der Waals surface area contributed by atoms with Crippen molar-refractivity contribution >= 4 is 38.7 Å². The Labute approximate surface area is 186 Å². The molecule has 32 heavy (non-hydrogen) atoms. The highest BCUT2D eigenvalue weighted by molar-refractivity contribution is 7.16. The number of benzene rings is 1. The van der Waals surface area contributed by atoms with Crippen molar-refractivity contribution in [1.29, 1.82) is 0 Å². The lowest BCUT2D eigenvalue weighted by Crippen LogP contribution is -2.31. The number of allylic oxidation sites excluding steroid dienone is 1. The predicted molar refractivity (Wildman–Crippen MR) is 121 cm³/mol. The van der Waals surface area contributed by atoms with Crippen LogP contribution in [0.25, 0.3) is 15.7 Å². The summed E-state index contributed by atoms with van der Waals surface area (Å²) >= 11 is 1.20. The van der Waals surface area contributed by atoms with Gasteiger partial charge in [0.05, 0.1) is 11.1 Å². The molecule has 2 aliphatic heterocycles. The smallest absolute Gasteiger partial charge is 0.342 e. The summed E-state index contributed by atoms with van der Waals surface area (Å²) in [5, 5.41) is 14.7. The number of hydrogen-bond donors (Lipinski definition) is 2. The van der Waals surface area contributed by atoms with Gasteiger partial charge in [-0.1, -0.05) is 12.2 Å². The van der Waals surface area contributed by atoms with Gasteiger partial charge in [-0.2, -0.15) is 0 Å². The third kappa shape index (κ3) is 2.61. The number of nitrogens with one attached hydrogen (secondary N) is 1. The number of fused-ring (bicyclic) bond motifs is 1. The number of nitrogens with zero attached hydrogens (tertiary/aromatic N) is 2.